The van der Waals surface area contributed by atoms with E-state index in [-0.39, 0.29) is 11.9 Å². The minimum absolute atomic E-state index is 0.144. The molecule has 1 amide bonds. The van der Waals surface area contributed by atoms with E-state index in [2.05, 4.69) is 0 Å². The molecule has 114 valence electrons. The van der Waals surface area contributed by atoms with Crippen LogP contribution in [0.15, 0.2) is 12.1 Å². The average Bonchev–Trinajstić information content (AvgIpc) is 2.49. The summed E-state index contributed by atoms with van der Waals surface area (Å²) >= 11 is 0. The molecule has 1 unspecified atom stereocenters. The van der Waals surface area contributed by atoms with Crippen molar-refractivity contribution in [1.82, 2.24) is 4.90 Å². The molecule has 1 fully saturated rings. The number of rotatable bonds is 2. The molecule has 0 aromatic heterocycles. The first-order valence-corrected chi connectivity index (χ1v) is 7.21. The number of carbonyl (C=O) groups is 2. The van der Waals surface area contributed by atoms with Gasteiger partial charge in [-0.25, -0.2) is 4.79 Å². The normalized spacial score (nSPS) is 18.4. The van der Waals surface area contributed by atoms with E-state index in [1.54, 1.807) is 11.0 Å². The van der Waals surface area contributed by atoms with Crippen LogP contribution in [0, 0.1) is 13.8 Å². The minimum Gasteiger partial charge on any atom is -0.467 e. The third-order valence-electron chi connectivity index (χ3n) is 4.08. The fourth-order valence-corrected chi connectivity index (χ4v) is 2.81. The van der Waals surface area contributed by atoms with E-state index in [0.29, 0.717) is 24.2 Å². The number of aryl methyl sites for hydroxylation is 2. The number of hydrogen-bond donors (Lipinski definition) is 1. The molecule has 1 aliphatic rings. The molecule has 0 saturated carbocycles. The summed E-state index contributed by atoms with van der Waals surface area (Å²) in [6.45, 7) is 4.37. The van der Waals surface area contributed by atoms with Gasteiger partial charge in [0.15, 0.2) is 0 Å². The largest absolute Gasteiger partial charge is 0.467 e. The van der Waals surface area contributed by atoms with Crippen molar-refractivity contribution in [3.63, 3.8) is 0 Å². The van der Waals surface area contributed by atoms with Crippen molar-refractivity contribution in [1.29, 1.82) is 0 Å². The van der Waals surface area contributed by atoms with Crippen molar-refractivity contribution in [2.75, 3.05) is 19.4 Å². The summed E-state index contributed by atoms with van der Waals surface area (Å²) in [5.74, 6) is -0.491. The second-order valence-corrected chi connectivity index (χ2v) is 5.56. The number of carbonyl (C=O) groups excluding carboxylic acids is 2. The van der Waals surface area contributed by atoms with Crippen LogP contribution >= 0.6 is 0 Å². The van der Waals surface area contributed by atoms with E-state index in [4.69, 9.17) is 10.5 Å². The van der Waals surface area contributed by atoms with Crippen LogP contribution < -0.4 is 5.73 Å². The first-order chi connectivity index (χ1) is 9.95. The maximum Gasteiger partial charge on any atom is 0.328 e. The number of anilines is 1. The zero-order valence-electron chi connectivity index (χ0n) is 12.8. The Morgan fingerprint density at radius 3 is 2.62 bits per heavy atom. The number of hydrogen-bond acceptors (Lipinski definition) is 4. The Hall–Kier alpha value is -2.04. The lowest BCUT2D eigenvalue weighted by atomic mass is 9.98. The molecule has 2 N–H and O–H groups in total. The van der Waals surface area contributed by atoms with Crippen LogP contribution in [0.1, 0.15) is 40.7 Å². The van der Waals surface area contributed by atoms with Gasteiger partial charge in [-0.1, -0.05) is 6.07 Å². The highest BCUT2D eigenvalue weighted by Gasteiger charge is 2.33. The highest BCUT2D eigenvalue weighted by Crippen LogP contribution is 2.24. The molecule has 0 bridgehead atoms. The van der Waals surface area contributed by atoms with Crippen molar-refractivity contribution in [2.45, 2.75) is 39.2 Å². The van der Waals surface area contributed by atoms with Crippen LogP contribution in [0.4, 0.5) is 5.69 Å². The van der Waals surface area contributed by atoms with Crippen molar-refractivity contribution in [3.8, 4) is 0 Å². The smallest absolute Gasteiger partial charge is 0.328 e. The molecule has 1 aromatic rings. The van der Waals surface area contributed by atoms with Gasteiger partial charge in [-0.15, -0.1) is 0 Å². The quantitative estimate of drug-likeness (QED) is 0.668. The van der Waals surface area contributed by atoms with Crippen LogP contribution in [-0.2, 0) is 9.53 Å². The van der Waals surface area contributed by atoms with Gasteiger partial charge in [0.05, 0.1) is 7.11 Å². The van der Waals surface area contributed by atoms with Crippen molar-refractivity contribution in [3.05, 3.63) is 28.8 Å². The van der Waals surface area contributed by atoms with Crippen molar-refractivity contribution in [2.24, 2.45) is 0 Å². The van der Waals surface area contributed by atoms with Gasteiger partial charge in [0.2, 0.25) is 0 Å². The SMILES string of the molecule is COC(=O)C1CCCCN1C(=O)c1cc(N)c(C)cc1C. The summed E-state index contributed by atoms with van der Waals surface area (Å²) < 4.78 is 4.82. The molecule has 21 heavy (non-hydrogen) atoms. The number of esters is 1. The third-order valence-corrected chi connectivity index (χ3v) is 4.08. The third kappa shape index (κ3) is 3.01. The Kier molecular flexibility index (Phi) is 4.50. The number of benzene rings is 1. The number of likely N-dealkylation sites (tertiary alicyclic amines) is 1. The maximum atomic E-state index is 12.8. The van der Waals surface area contributed by atoms with E-state index in [1.807, 2.05) is 19.9 Å². The monoisotopic (exact) mass is 290 g/mol. The molecule has 1 atom stereocenters. The highest BCUT2D eigenvalue weighted by molar-refractivity contribution is 5.99. The minimum atomic E-state index is -0.488. The fourth-order valence-electron chi connectivity index (χ4n) is 2.81. The van der Waals surface area contributed by atoms with E-state index < -0.39 is 6.04 Å². The summed E-state index contributed by atoms with van der Waals surface area (Å²) in [4.78, 5) is 26.3. The Morgan fingerprint density at radius 2 is 1.95 bits per heavy atom. The van der Waals surface area contributed by atoms with Gasteiger partial charge >= 0.3 is 5.97 Å². The zero-order chi connectivity index (χ0) is 15.6. The van der Waals surface area contributed by atoms with E-state index in [0.717, 1.165) is 24.0 Å². The van der Waals surface area contributed by atoms with Gasteiger partial charge < -0.3 is 15.4 Å². The molecule has 2 rings (SSSR count). The first-order valence-electron chi connectivity index (χ1n) is 7.21. The van der Waals surface area contributed by atoms with Crippen molar-refractivity contribution >= 4 is 17.6 Å². The maximum absolute atomic E-state index is 12.8. The van der Waals surface area contributed by atoms with Crippen molar-refractivity contribution < 1.29 is 14.3 Å². The average molecular weight is 290 g/mol. The second kappa shape index (κ2) is 6.16. The van der Waals surface area contributed by atoms with E-state index in [9.17, 15) is 9.59 Å². The molecular formula is C16H22N2O3. The molecule has 0 aliphatic carbocycles. The van der Waals surface area contributed by atoms with E-state index in [1.165, 1.54) is 7.11 Å². The predicted octanol–water partition coefficient (Wildman–Crippen LogP) is 2.05. The topological polar surface area (TPSA) is 72.6 Å². The molecule has 1 saturated heterocycles. The molecule has 5 nitrogen and oxygen atoms in total. The summed E-state index contributed by atoms with van der Waals surface area (Å²) in [5, 5.41) is 0. The van der Waals surface area contributed by atoms with Gasteiger partial charge in [-0.05, 0) is 50.3 Å². The van der Waals surface area contributed by atoms with Crippen LogP contribution in [0.2, 0.25) is 0 Å². The lowest BCUT2D eigenvalue weighted by Gasteiger charge is -2.34. The number of nitrogens with zero attached hydrogens (tertiary/aromatic N) is 1. The Bertz CT molecular complexity index is 569. The van der Waals surface area contributed by atoms with E-state index >= 15 is 0 Å². The van der Waals surface area contributed by atoms with Crippen LogP contribution in [-0.4, -0.2) is 36.5 Å². The summed E-state index contributed by atoms with van der Waals surface area (Å²) in [6, 6.07) is 3.12. The molecule has 0 spiro atoms. The summed E-state index contributed by atoms with van der Waals surface area (Å²) in [6.07, 6.45) is 2.48. The molecule has 0 radical (unpaired) electrons. The number of piperidine rings is 1. The first kappa shape index (κ1) is 15.4. The predicted molar refractivity (Wildman–Crippen MR) is 81.0 cm³/mol. The Morgan fingerprint density at radius 1 is 1.24 bits per heavy atom. The van der Waals surface area contributed by atoms with Gasteiger partial charge in [-0.3, -0.25) is 4.79 Å². The molecule has 5 heteroatoms. The second-order valence-electron chi connectivity index (χ2n) is 5.56. The Balaban J connectivity index is 2.33. The van der Waals surface area contributed by atoms with Gasteiger partial charge in [0.25, 0.3) is 5.91 Å². The Labute approximate surface area is 125 Å². The van der Waals surface area contributed by atoms with Gasteiger partial charge in [0, 0.05) is 17.8 Å². The summed E-state index contributed by atoms with van der Waals surface area (Å²) in [5.41, 5.74) is 8.90. The summed E-state index contributed by atoms with van der Waals surface area (Å²) in [7, 11) is 1.36. The molecule has 1 aliphatic heterocycles. The molecule has 1 heterocycles. The van der Waals surface area contributed by atoms with Gasteiger partial charge in [0.1, 0.15) is 6.04 Å². The van der Waals surface area contributed by atoms with Crippen LogP contribution in [0.3, 0.4) is 0 Å². The lowest BCUT2D eigenvalue weighted by Crippen LogP contribution is -2.48. The standard InChI is InChI=1S/C16H22N2O3/c1-10-8-11(2)13(17)9-12(10)15(19)18-7-5-4-6-14(18)16(20)21-3/h8-9,14H,4-7,17H2,1-3H3. The molecular weight excluding hydrogens is 268 g/mol. The number of amides is 1. The number of nitrogen functional groups attached to an aromatic ring is 1. The zero-order valence-corrected chi connectivity index (χ0v) is 12.8. The van der Waals surface area contributed by atoms with Crippen LogP contribution in [0.5, 0.6) is 0 Å². The fraction of sp³-hybridized carbons (Fsp3) is 0.500. The number of nitrogens with two attached hydrogens (primary N) is 1. The number of ether oxygens (including phenoxy) is 1. The van der Waals surface area contributed by atoms with Crippen LogP contribution in [0.25, 0.3) is 0 Å². The molecule has 1 aromatic carbocycles. The lowest BCUT2D eigenvalue weighted by molar-refractivity contribution is -0.147. The number of methoxy groups -OCH3 is 1. The highest BCUT2D eigenvalue weighted by atomic mass is 16.5. The van der Waals surface area contributed by atoms with Gasteiger partial charge in [-0.2, -0.15) is 0 Å².